The summed E-state index contributed by atoms with van der Waals surface area (Å²) in [6.07, 6.45) is 2.01. The second kappa shape index (κ2) is 8.45. The normalized spacial score (nSPS) is 20.5. The lowest BCUT2D eigenvalue weighted by atomic mass is 10.0. The number of ether oxygens (including phenoxy) is 1. The molecule has 2 saturated heterocycles. The van der Waals surface area contributed by atoms with Crippen LogP contribution in [0.3, 0.4) is 0 Å². The Morgan fingerprint density at radius 3 is 2.64 bits per heavy atom. The first-order chi connectivity index (χ1) is 13.6. The van der Waals surface area contributed by atoms with E-state index in [4.69, 9.17) is 4.74 Å². The first kappa shape index (κ1) is 19.2. The van der Waals surface area contributed by atoms with E-state index in [1.807, 2.05) is 47.5 Å². The van der Waals surface area contributed by atoms with Crippen LogP contribution in [-0.4, -0.2) is 42.5 Å². The van der Waals surface area contributed by atoms with Crippen molar-refractivity contribution in [1.82, 2.24) is 4.90 Å². The summed E-state index contributed by atoms with van der Waals surface area (Å²) in [6.45, 7) is 4.50. The Morgan fingerprint density at radius 2 is 1.96 bits per heavy atom. The summed E-state index contributed by atoms with van der Waals surface area (Å²) in [5.41, 5.74) is 2.03. The zero-order chi connectivity index (χ0) is 19.5. The maximum atomic E-state index is 13.5. The molecule has 2 amide bonds. The van der Waals surface area contributed by atoms with Crippen molar-refractivity contribution < 1.29 is 14.3 Å². The molecule has 3 heterocycles. The van der Waals surface area contributed by atoms with Gasteiger partial charge < -0.3 is 14.5 Å². The van der Waals surface area contributed by atoms with Gasteiger partial charge in [0.1, 0.15) is 0 Å². The molecule has 1 unspecified atom stereocenters. The molecule has 2 aromatic rings. The molecule has 6 heteroatoms. The summed E-state index contributed by atoms with van der Waals surface area (Å²) in [5.74, 6) is -0.148. The van der Waals surface area contributed by atoms with Crippen molar-refractivity contribution in [2.45, 2.75) is 38.8 Å². The monoisotopic (exact) mass is 398 g/mol. The summed E-state index contributed by atoms with van der Waals surface area (Å²) in [7, 11) is 0. The van der Waals surface area contributed by atoms with Crippen molar-refractivity contribution in [3.63, 3.8) is 0 Å². The number of rotatable bonds is 5. The van der Waals surface area contributed by atoms with Gasteiger partial charge >= 0.3 is 0 Å². The van der Waals surface area contributed by atoms with Crippen LogP contribution in [0, 0.1) is 12.8 Å². The molecule has 1 atom stereocenters. The SMILES string of the molecule is Cc1ccc(N2CC(C(=O)N(Cc3cccs3)C3CCOCC3)CC2=O)cc1. The molecule has 2 fully saturated rings. The Kier molecular flexibility index (Phi) is 5.78. The van der Waals surface area contributed by atoms with Gasteiger partial charge in [-0.2, -0.15) is 0 Å². The lowest BCUT2D eigenvalue weighted by molar-refractivity contribution is -0.140. The van der Waals surface area contributed by atoms with Crippen LogP contribution < -0.4 is 4.90 Å². The summed E-state index contributed by atoms with van der Waals surface area (Å²) in [4.78, 5) is 31.0. The Hall–Kier alpha value is -2.18. The molecule has 0 bridgehead atoms. The molecule has 2 aliphatic heterocycles. The van der Waals surface area contributed by atoms with Crippen LogP contribution in [0.4, 0.5) is 5.69 Å². The van der Waals surface area contributed by atoms with Crippen molar-refractivity contribution >= 4 is 28.8 Å². The van der Waals surface area contributed by atoms with E-state index in [1.165, 1.54) is 4.88 Å². The fourth-order valence-electron chi connectivity index (χ4n) is 4.04. The highest BCUT2D eigenvalue weighted by Gasteiger charge is 2.39. The van der Waals surface area contributed by atoms with Gasteiger partial charge in [0, 0.05) is 42.8 Å². The number of hydrogen-bond acceptors (Lipinski definition) is 4. The Bertz CT molecular complexity index is 813. The molecule has 0 radical (unpaired) electrons. The number of carbonyl (C=O) groups is 2. The van der Waals surface area contributed by atoms with Crippen LogP contribution in [-0.2, 0) is 20.9 Å². The average molecular weight is 399 g/mol. The van der Waals surface area contributed by atoms with E-state index >= 15 is 0 Å². The van der Waals surface area contributed by atoms with Crippen LogP contribution in [0.15, 0.2) is 41.8 Å². The molecule has 4 rings (SSSR count). The fourth-order valence-corrected chi connectivity index (χ4v) is 4.74. The van der Waals surface area contributed by atoms with Gasteiger partial charge in [-0.15, -0.1) is 11.3 Å². The van der Waals surface area contributed by atoms with Crippen molar-refractivity contribution in [3.8, 4) is 0 Å². The highest BCUT2D eigenvalue weighted by molar-refractivity contribution is 7.09. The predicted octanol–water partition coefficient (Wildman–Crippen LogP) is 3.62. The molecule has 148 valence electrons. The number of amides is 2. The largest absolute Gasteiger partial charge is 0.381 e. The van der Waals surface area contributed by atoms with E-state index in [0.717, 1.165) is 24.1 Å². The summed E-state index contributed by atoms with van der Waals surface area (Å²) < 4.78 is 5.49. The predicted molar refractivity (Wildman–Crippen MR) is 110 cm³/mol. The minimum absolute atomic E-state index is 0.0326. The number of thiophene rings is 1. The molecular formula is C22H26N2O3S. The van der Waals surface area contributed by atoms with Crippen LogP contribution in [0.5, 0.6) is 0 Å². The Balaban J connectivity index is 1.51. The maximum absolute atomic E-state index is 13.5. The van der Waals surface area contributed by atoms with E-state index in [0.29, 0.717) is 26.3 Å². The average Bonchev–Trinajstić information content (AvgIpc) is 3.37. The Labute approximate surface area is 169 Å². The van der Waals surface area contributed by atoms with E-state index < -0.39 is 0 Å². The molecule has 1 aromatic carbocycles. The highest BCUT2D eigenvalue weighted by Crippen LogP contribution is 2.29. The number of carbonyl (C=O) groups excluding carboxylic acids is 2. The smallest absolute Gasteiger partial charge is 0.228 e. The lowest BCUT2D eigenvalue weighted by Gasteiger charge is -2.35. The number of aryl methyl sites for hydroxylation is 1. The van der Waals surface area contributed by atoms with Gasteiger partial charge in [-0.3, -0.25) is 9.59 Å². The minimum atomic E-state index is -0.281. The summed E-state index contributed by atoms with van der Waals surface area (Å²) in [6, 6.07) is 12.2. The number of hydrogen-bond donors (Lipinski definition) is 0. The van der Waals surface area contributed by atoms with Gasteiger partial charge in [-0.25, -0.2) is 0 Å². The topological polar surface area (TPSA) is 49.9 Å². The molecule has 0 aliphatic carbocycles. The van der Waals surface area contributed by atoms with Crippen LogP contribution in [0.2, 0.25) is 0 Å². The van der Waals surface area contributed by atoms with Gasteiger partial charge in [0.05, 0.1) is 12.5 Å². The first-order valence-electron chi connectivity index (χ1n) is 9.89. The van der Waals surface area contributed by atoms with E-state index in [-0.39, 0.29) is 30.2 Å². The minimum Gasteiger partial charge on any atom is -0.381 e. The molecule has 5 nitrogen and oxygen atoms in total. The first-order valence-corrected chi connectivity index (χ1v) is 10.8. The maximum Gasteiger partial charge on any atom is 0.228 e. The lowest BCUT2D eigenvalue weighted by Crippen LogP contribution is -2.46. The van der Waals surface area contributed by atoms with E-state index in [1.54, 1.807) is 16.2 Å². The van der Waals surface area contributed by atoms with Crippen LogP contribution >= 0.6 is 11.3 Å². The molecule has 0 saturated carbocycles. The van der Waals surface area contributed by atoms with Crippen molar-refractivity contribution in [2.24, 2.45) is 5.92 Å². The summed E-state index contributed by atoms with van der Waals surface area (Å²) >= 11 is 1.67. The molecule has 0 spiro atoms. The van der Waals surface area contributed by atoms with Crippen LogP contribution in [0.25, 0.3) is 0 Å². The van der Waals surface area contributed by atoms with Gasteiger partial charge in [0.15, 0.2) is 0 Å². The van der Waals surface area contributed by atoms with Gasteiger partial charge in [-0.05, 0) is 43.3 Å². The number of benzene rings is 1. The summed E-state index contributed by atoms with van der Waals surface area (Å²) in [5, 5.41) is 2.04. The number of nitrogens with zero attached hydrogens (tertiary/aromatic N) is 2. The van der Waals surface area contributed by atoms with E-state index in [9.17, 15) is 9.59 Å². The standard InChI is InChI=1S/C22H26N2O3S/c1-16-4-6-18(7-5-16)23-14-17(13-21(23)25)22(26)24(15-20-3-2-12-28-20)19-8-10-27-11-9-19/h2-7,12,17,19H,8-11,13-15H2,1H3. The second-order valence-electron chi connectivity index (χ2n) is 7.63. The second-order valence-corrected chi connectivity index (χ2v) is 8.66. The van der Waals surface area contributed by atoms with Crippen molar-refractivity contribution in [3.05, 3.63) is 52.2 Å². The molecule has 0 N–H and O–H groups in total. The molecule has 1 aromatic heterocycles. The fraction of sp³-hybridized carbons (Fsp3) is 0.455. The molecule has 2 aliphatic rings. The van der Waals surface area contributed by atoms with Gasteiger partial charge in [0.2, 0.25) is 11.8 Å². The molecular weight excluding hydrogens is 372 g/mol. The zero-order valence-corrected chi connectivity index (χ0v) is 17.0. The third kappa shape index (κ3) is 4.13. The van der Waals surface area contributed by atoms with Gasteiger partial charge in [-0.1, -0.05) is 23.8 Å². The number of anilines is 1. The van der Waals surface area contributed by atoms with Crippen molar-refractivity contribution in [1.29, 1.82) is 0 Å². The van der Waals surface area contributed by atoms with Crippen LogP contribution in [0.1, 0.15) is 29.7 Å². The third-order valence-electron chi connectivity index (χ3n) is 5.64. The van der Waals surface area contributed by atoms with E-state index in [2.05, 4.69) is 6.07 Å². The van der Waals surface area contributed by atoms with Crippen molar-refractivity contribution in [2.75, 3.05) is 24.7 Å². The Morgan fingerprint density at radius 1 is 1.21 bits per heavy atom. The highest BCUT2D eigenvalue weighted by atomic mass is 32.1. The molecule has 28 heavy (non-hydrogen) atoms. The third-order valence-corrected chi connectivity index (χ3v) is 6.50. The quantitative estimate of drug-likeness (QED) is 0.773. The zero-order valence-electron chi connectivity index (χ0n) is 16.2. The van der Waals surface area contributed by atoms with Gasteiger partial charge in [0.25, 0.3) is 0 Å².